The zero-order valence-corrected chi connectivity index (χ0v) is 31.0. The minimum Gasteiger partial charge on any atom is -0.294 e. The number of aromatic nitrogens is 2. The summed E-state index contributed by atoms with van der Waals surface area (Å²) in [5, 5.41) is 13.8. The highest BCUT2D eigenvalue weighted by Gasteiger charge is 2.21. The molecule has 0 saturated carbocycles. The van der Waals surface area contributed by atoms with E-state index in [-0.39, 0.29) is 0 Å². The fraction of sp³-hybridized carbons (Fsp3) is 0.0755. The van der Waals surface area contributed by atoms with E-state index in [1.165, 1.54) is 92.8 Å². The molecule has 0 fully saturated rings. The number of fused-ring (bicyclic) bond motifs is 11. The van der Waals surface area contributed by atoms with Crippen LogP contribution in [-0.4, -0.2) is 9.55 Å². The lowest BCUT2D eigenvalue weighted by atomic mass is 9.91. The Hall–Kier alpha value is -6.77. The van der Waals surface area contributed by atoms with Gasteiger partial charge in [0, 0.05) is 16.2 Å². The number of para-hydroxylation sites is 1. The van der Waals surface area contributed by atoms with Crippen molar-refractivity contribution in [3.63, 3.8) is 0 Å². The third-order valence-corrected chi connectivity index (χ3v) is 11.9. The Morgan fingerprint density at radius 3 is 1.71 bits per heavy atom. The molecule has 9 aromatic carbocycles. The van der Waals surface area contributed by atoms with Gasteiger partial charge in [0.25, 0.3) is 0 Å². The third kappa shape index (κ3) is 4.84. The van der Waals surface area contributed by atoms with Crippen molar-refractivity contribution in [3.05, 3.63) is 181 Å². The zero-order chi connectivity index (χ0) is 36.6. The molecule has 260 valence electrons. The van der Waals surface area contributed by atoms with E-state index in [0.29, 0.717) is 0 Å². The molecule has 0 atom stereocenters. The van der Waals surface area contributed by atoms with E-state index >= 15 is 0 Å². The summed E-state index contributed by atoms with van der Waals surface area (Å²) >= 11 is 0. The van der Waals surface area contributed by atoms with Gasteiger partial charge in [-0.25, -0.2) is 4.98 Å². The van der Waals surface area contributed by atoms with E-state index in [4.69, 9.17) is 4.98 Å². The molecule has 0 aliphatic heterocycles. The fourth-order valence-corrected chi connectivity index (χ4v) is 9.26. The van der Waals surface area contributed by atoms with Crippen LogP contribution < -0.4 is 0 Å². The topological polar surface area (TPSA) is 17.8 Å². The van der Waals surface area contributed by atoms with Gasteiger partial charge in [-0.1, -0.05) is 141 Å². The van der Waals surface area contributed by atoms with Crippen LogP contribution in [0.4, 0.5) is 0 Å². The molecule has 0 bridgehead atoms. The Labute approximate surface area is 319 Å². The van der Waals surface area contributed by atoms with Gasteiger partial charge in [0.15, 0.2) is 0 Å². The van der Waals surface area contributed by atoms with Crippen LogP contribution in [0.3, 0.4) is 0 Å². The first kappa shape index (κ1) is 31.7. The second kappa shape index (κ2) is 12.4. The minimum absolute atomic E-state index is 0.926. The average molecular weight is 703 g/mol. The molecule has 0 unspecified atom stereocenters. The molecule has 0 aliphatic rings. The number of pyridine rings is 1. The Kier molecular flexibility index (Phi) is 7.15. The normalized spacial score (nSPS) is 12.0. The summed E-state index contributed by atoms with van der Waals surface area (Å²) in [7, 11) is 0. The number of hydrogen-bond acceptors (Lipinski definition) is 1. The van der Waals surface area contributed by atoms with E-state index in [2.05, 4.69) is 188 Å². The van der Waals surface area contributed by atoms with Crippen molar-refractivity contribution in [2.75, 3.05) is 0 Å². The molecule has 0 N–H and O–H groups in total. The predicted octanol–water partition coefficient (Wildman–Crippen LogP) is 14.4. The van der Waals surface area contributed by atoms with Crippen LogP contribution in [0, 0.1) is 0 Å². The van der Waals surface area contributed by atoms with E-state index in [0.717, 1.165) is 35.1 Å². The van der Waals surface area contributed by atoms with Crippen LogP contribution in [0.2, 0.25) is 0 Å². The highest BCUT2D eigenvalue weighted by molar-refractivity contribution is 6.29. The van der Waals surface area contributed by atoms with Gasteiger partial charge in [-0.05, 0) is 132 Å². The molecule has 2 heterocycles. The minimum atomic E-state index is 0.926. The molecular formula is C53H38N2. The first-order valence-electron chi connectivity index (χ1n) is 19.5. The summed E-state index contributed by atoms with van der Waals surface area (Å²) in [6.45, 7) is 4.54. The molecule has 2 aromatic heterocycles. The Bertz CT molecular complexity index is 3350. The standard InChI is InChI=1S/C53H38N2/c1-3-33-15-7-8-18-38(33)44-29-48-49-30-46-41-21-11-9-19-39(41)40-20-10-12-22-42(40)47(46)31-52(49)55(51(48)28-34(44)4-2)53-32-45(43-23-13-14-24-50(43)54-53)37-26-25-35-16-5-6-17-36(35)27-37/h5-32H,3-4H2,1-2H3. The molecule has 0 spiro atoms. The monoisotopic (exact) mass is 702 g/mol. The first-order chi connectivity index (χ1) is 27.2. The van der Waals surface area contributed by atoms with Crippen molar-refractivity contribution >= 4 is 75.8 Å². The van der Waals surface area contributed by atoms with Crippen molar-refractivity contribution in [2.24, 2.45) is 0 Å². The maximum absolute atomic E-state index is 5.49. The van der Waals surface area contributed by atoms with Gasteiger partial charge in [0.05, 0.1) is 16.6 Å². The van der Waals surface area contributed by atoms with Gasteiger partial charge >= 0.3 is 0 Å². The van der Waals surface area contributed by atoms with Gasteiger partial charge in [0.1, 0.15) is 5.82 Å². The molecule has 0 amide bonds. The van der Waals surface area contributed by atoms with E-state index in [1.54, 1.807) is 0 Å². The number of nitrogens with zero attached hydrogens (tertiary/aromatic N) is 2. The molecule has 0 radical (unpaired) electrons. The van der Waals surface area contributed by atoms with Crippen LogP contribution in [0.25, 0.3) is 104 Å². The highest BCUT2D eigenvalue weighted by atomic mass is 15.1. The Morgan fingerprint density at radius 1 is 0.382 bits per heavy atom. The van der Waals surface area contributed by atoms with Gasteiger partial charge in [0.2, 0.25) is 0 Å². The highest BCUT2D eigenvalue weighted by Crippen LogP contribution is 2.44. The lowest BCUT2D eigenvalue weighted by Crippen LogP contribution is -2.00. The second-order valence-corrected chi connectivity index (χ2v) is 14.8. The van der Waals surface area contributed by atoms with Crippen LogP contribution in [0.5, 0.6) is 0 Å². The average Bonchev–Trinajstić information content (AvgIpc) is 3.56. The van der Waals surface area contributed by atoms with Crippen LogP contribution in [0.1, 0.15) is 25.0 Å². The SMILES string of the molecule is CCc1ccccc1-c1cc2c3cc4c5ccccc5c5ccccc5c4cc3n(-c3cc(-c4ccc5ccccc5c4)c4ccccc4n3)c2cc1CC. The quantitative estimate of drug-likeness (QED) is 0.163. The summed E-state index contributed by atoms with van der Waals surface area (Å²) in [5.41, 5.74) is 11.1. The smallest absolute Gasteiger partial charge is 0.138 e. The summed E-state index contributed by atoms with van der Waals surface area (Å²) in [4.78, 5) is 5.49. The zero-order valence-electron chi connectivity index (χ0n) is 31.0. The molecule has 55 heavy (non-hydrogen) atoms. The fourth-order valence-electron chi connectivity index (χ4n) is 9.26. The predicted molar refractivity (Wildman–Crippen MR) is 236 cm³/mol. The lowest BCUT2D eigenvalue weighted by molar-refractivity contribution is 1.09. The van der Waals surface area contributed by atoms with E-state index in [9.17, 15) is 0 Å². The number of benzene rings is 9. The van der Waals surface area contributed by atoms with Crippen LogP contribution in [0.15, 0.2) is 170 Å². The van der Waals surface area contributed by atoms with Crippen LogP contribution in [-0.2, 0) is 12.8 Å². The largest absolute Gasteiger partial charge is 0.294 e. The molecular weight excluding hydrogens is 665 g/mol. The molecule has 11 aromatic rings. The number of aryl methyl sites for hydroxylation is 2. The first-order valence-corrected chi connectivity index (χ1v) is 19.5. The van der Waals surface area contributed by atoms with Crippen molar-refractivity contribution < 1.29 is 0 Å². The third-order valence-electron chi connectivity index (χ3n) is 11.9. The lowest BCUT2D eigenvalue weighted by Gasteiger charge is -2.16. The molecule has 2 heteroatoms. The van der Waals surface area contributed by atoms with Crippen molar-refractivity contribution in [2.45, 2.75) is 26.7 Å². The number of rotatable bonds is 5. The van der Waals surface area contributed by atoms with Crippen molar-refractivity contribution in [1.29, 1.82) is 0 Å². The Balaban J connectivity index is 1.30. The van der Waals surface area contributed by atoms with Crippen molar-refractivity contribution in [3.8, 4) is 28.1 Å². The van der Waals surface area contributed by atoms with Gasteiger partial charge in [-0.2, -0.15) is 0 Å². The number of hydrogen-bond donors (Lipinski definition) is 0. The summed E-state index contributed by atoms with van der Waals surface area (Å²) in [5.74, 6) is 0.926. The molecule has 0 saturated heterocycles. The summed E-state index contributed by atoms with van der Waals surface area (Å²) in [6, 6.07) is 62.9. The maximum Gasteiger partial charge on any atom is 0.138 e. The molecule has 0 aliphatic carbocycles. The van der Waals surface area contributed by atoms with E-state index < -0.39 is 0 Å². The summed E-state index contributed by atoms with van der Waals surface area (Å²) in [6.07, 6.45) is 1.91. The second-order valence-electron chi connectivity index (χ2n) is 14.8. The van der Waals surface area contributed by atoms with Gasteiger partial charge in [-0.15, -0.1) is 0 Å². The van der Waals surface area contributed by atoms with Crippen LogP contribution >= 0.6 is 0 Å². The Morgan fingerprint density at radius 2 is 0.964 bits per heavy atom. The van der Waals surface area contributed by atoms with Gasteiger partial charge in [-0.3, -0.25) is 4.57 Å². The maximum atomic E-state index is 5.49. The molecule has 2 nitrogen and oxygen atoms in total. The summed E-state index contributed by atoms with van der Waals surface area (Å²) < 4.78 is 2.44. The molecule has 11 rings (SSSR count). The van der Waals surface area contributed by atoms with E-state index in [1.807, 2.05) is 0 Å². The van der Waals surface area contributed by atoms with Gasteiger partial charge < -0.3 is 0 Å². The van der Waals surface area contributed by atoms with Crippen molar-refractivity contribution in [1.82, 2.24) is 9.55 Å².